The van der Waals surface area contributed by atoms with Crippen molar-refractivity contribution in [2.45, 2.75) is 367 Å². The Morgan fingerprint density at radius 3 is 0.774 bits per heavy atom. The lowest BCUT2D eigenvalue weighted by Gasteiger charge is -2.15. The van der Waals surface area contributed by atoms with E-state index < -0.39 is 6.10 Å². The van der Waals surface area contributed by atoms with Crippen molar-refractivity contribution in [2.24, 2.45) is 0 Å². The van der Waals surface area contributed by atoms with Crippen LogP contribution in [-0.2, 0) is 19.1 Å². The zero-order valence-electron chi connectivity index (χ0n) is 55.6. The highest BCUT2D eigenvalue weighted by Gasteiger charge is 2.16. The molecule has 0 rings (SSSR count). The highest BCUT2D eigenvalue weighted by molar-refractivity contribution is 5.70. The van der Waals surface area contributed by atoms with Gasteiger partial charge in [0.1, 0.15) is 6.61 Å². The highest BCUT2D eigenvalue weighted by atomic mass is 16.6. The van der Waals surface area contributed by atoms with Gasteiger partial charge in [0, 0.05) is 12.8 Å². The molecule has 0 aliphatic rings. The maximum Gasteiger partial charge on any atom is 0.306 e. The molecule has 0 heterocycles. The van der Waals surface area contributed by atoms with Crippen LogP contribution in [0.2, 0.25) is 0 Å². The molecule has 0 aromatic rings. The fourth-order valence-electron chi connectivity index (χ4n) is 10.6. The fraction of sp³-hybridized carbons (Fsp3) is 0.747. The number of carbonyl (C=O) groups is 2. The third-order valence-corrected chi connectivity index (χ3v) is 16.1. The average Bonchev–Trinajstić information content (AvgIpc) is 3.51. The minimum absolute atomic E-state index is 0.0678. The molecule has 0 radical (unpaired) electrons. The highest BCUT2D eigenvalue weighted by Crippen LogP contribution is 2.18. The van der Waals surface area contributed by atoms with E-state index in [2.05, 4.69) is 123 Å². The van der Waals surface area contributed by atoms with Crippen molar-refractivity contribution < 1.29 is 24.2 Å². The standard InChI is InChI=1S/C79H138O5/c1-3-5-7-9-11-13-15-17-19-21-23-25-27-29-31-33-35-37-38-39-40-42-43-45-47-49-51-53-55-57-59-61-63-65-67-69-71-73-78(81)83-76-77(75-80)84-79(82)74-72-70-68-66-64-62-60-58-56-54-52-50-48-46-44-41-36-34-32-30-28-26-24-22-20-18-16-14-12-10-8-6-4-2/h6,8,12,14-15,17-18,20-21,23-24,26,30,32,36,41,46,48,77,80H,3-5,7,9-11,13,16,19,22,25,27-29,31,33-35,37-40,42-45,47,49-76H2,1-2H3/b8-6-,14-12-,17-15-,20-18-,23-21-,26-24-,32-30-,41-36-,48-46-. The minimum Gasteiger partial charge on any atom is -0.462 e. The maximum absolute atomic E-state index is 12.4. The molecule has 1 unspecified atom stereocenters. The third kappa shape index (κ3) is 71.0. The van der Waals surface area contributed by atoms with E-state index in [0.29, 0.717) is 12.8 Å². The van der Waals surface area contributed by atoms with Gasteiger partial charge in [-0.1, -0.05) is 354 Å². The molecular formula is C79H138O5. The van der Waals surface area contributed by atoms with E-state index in [4.69, 9.17) is 9.47 Å². The number of unbranched alkanes of at least 4 members (excludes halogenated alkanes) is 41. The summed E-state index contributed by atoms with van der Waals surface area (Å²) in [5.41, 5.74) is 0. The Hall–Kier alpha value is -3.44. The predicted molar refractivity (Wildman–Crippen MR) is 371 cm³/mol. The molecule has 0 saturated carbocycles. The summed E-state index contributed by atoms with van der Waals surface area (Å²) in [6.07, 6.45) is 107. The van der Waals surface area contributed by atoms with E-state index in [0.717, 1.165) is 89.9 Å². The van der Waals surface area contributed by atoms with E-state index in [9.17, 15) is 14.7 Å². The van der Waals surface area contributed by atoms with Crippen molar-refractivity contribution in [3.8, 4) is 0 Å². The Balaban J connectivity index is 3.45. The number of rotatable bonds is 67. The molecule has 5 nitrogen and oxygen atoms in total. The average molecular weight is 1170 g/mol. The Kier molecular flexibility index (Phi) is 70.8. The van der Waals surface area contributed by atoms with E-state index in [1.54, 1.807) is 0 Å². The van der Waals surface area contributed by atoms with Crippen molar-refractivity contribution >= 4 is 11.9 Å². The van der Waals surface area contributed by atoms with Crippen LogP contribution in [0, 0.1) is 0 Å². The van der Waals surface area contributed by atoms with Crippen molar-refractivity contribution in [1.29, 1.82) is 0 Å². The molecule has 5 heteroatoms. The largest absolute Gasteiger partial charge is 0.462 e. The normalized spacial score (nSPS) is 12.8. The summed E-state index contributed by atoms with van der Waals surface area (Å²) in [4.78, 5) is 24.7. The Morgan fingerprint density at radius 1 is 0.286 bits per heavy atom. The Morgan fingerprint density at radius 2 is 0.512 bits per heavy atom. The van der Waals surface area contributed by atoms with Crippen LogP contribution in [0.1, 0.15) is 361 Å². The SMILES string of the molecule is CC/C=C\C/C=C\C/C=C\C/C=C\C/C=C\C/C=C\C/C=C\CCCCCCCCCCCCCC(=O)OC(CO)COC(=O)CCCCCCCCCCCCCCCCCCCCCCCCCCC/C=C\C/C=C\CCCCCCC. The van der Waals surface area contributed by atoms with Crippen LogP contribution in [0.3, 0.4) is 0 Å². The molecule has 0 amide bonds. The van der Waals surface area contributed by atoms with Gasteiger partial charge in [0.2, 0.25) is 0 Å². The number of esters is 2. The summed E-state index contributed by atoms with van der Waals surface area (Å²) >= 11 is 0. The van der Waals surface area contributed by atoms with E-state index in [1.165, 1.54) is 244 Å². The van der Waals surface area contributed by atoms with Crippen LogP contribution in [0.4, 0.5) is 0 Å². The summed E-state index contributed by atoms with van der Waals surface area (Å²) in [5.74, 6) is -0.583. The molecule has 0 aromatic heterocycles. The topological polar surface area (TPSA) is 72.8 Å². The van der Waals surface area contributed by atoms with Gasteiger partial charge in [-0.15, -0.1) is 0 Å². The molecule has 1 N–H and O–H groups in total. The molecule has 1 atom stereocenters. The summed E-state index contributed by atoms with van der Waals surface area (Å²) < 4.78 is 10.8. The van der Waals surface area contributed by atoms with Crippen LogP contribution < -0.4 is 0 Å². The number of carbonyl (C=O) groups excluding carboxylic acids is 2. The first-order chi connectivity index (χ1) is 41.6. The number of aliphatic hydroxyl groups excluding tert-OH is 1. The number of aliphatic hydroxyl groups is 1. The van der Waals surface area contributed by atoms with Gasteiger partial charge in [-0.25, -0.2) is 0 Å². The van der Waals surface area contributed by atoms with Crippen LogP contribution in [0.5, 0.6) is 0 Å². The fourth-order valence-corrected chi connectivity index (χ4v) is 10.6. The molecule has 0 aromatic carbocycles. The lowest BCUT2D eigenvalue weighted by Crippen LogP contribution is -2.28. The van der Waals surface area contributed by atoms with Gasteiger partial charge in [-0.05, 0) is 103 Å². The maximum atomic E-state index is 12.4. The lowest BCUT2D eigenvalue weighted by molar-refractivity contribution is -0.161. The lowest BCUT2D eigenvalue weighted by atomic mass is 10.0. The second kappa shape index (κ2) is 73.8. The van der Waals surface area contributed by atoms with Crippen molar-refractivity contribution in [3.05, 3.63) is 109 Å². The first-order valence-electron chi connectivity index (χ1n) is 36.4. The number of hydrogen-bond acceptors (Lipinski definition) is 5. The van der Waals surface area contributed by atoms with Gasteiger partial charge in [-0.3, -0.25) is 9.59 Å². The molecule has 0 bridgehead atoms. The predicted octanol–water partition coefficient (Wildman–Crippen LogP) is 25.5. The van der Waals surface area contributed by atoms with E-state index >= 15 is 0 Å². The summed E-state index contributed by atoms with van der Waals surface area (Å²) in [7, 11) is 0. The minimum atomic E-state index is -0.780. The van der Waals surface area contributed by atoms with Gasteiger partial charge < -0.3 is 14.6 Å². The van der Waals surface area contributed by atoms with Crippen molar-refractivity contribution in [3.63, 3.8) is 0 Å². The van der Waals surface area contributed by atoms with Gasteiger partial charge >= 0.3 is 11.9 Å². The summed E-state index contributed by atoms with van der Waals surface area (Å²) in [6, 6.07) is 0. The molecule has 84 heavy (non-hydrogen) atoms. The van der Waals surface area contributed by atoms with E-state index in [1.807, 2.05) is 0 Å². The van der Waals surface area contributed by atoms with Crippen molar-refractivity contribution in [2.75, 3.05) is 13.2 Å². The monoisotopic (exact) mass is 1170 g/mol. The summed E-state index contributed by atoms with van der Waals surface area (Å²) in [5, 5.41) is 9.71. The number of allylic oxidation sites excluding steroid dienone is 18. The molecule has 0 saturated heterocycles. The second-order valence-corrected chi connectivity index (χ2v) is 24.3. The Bertz CT molecular complexity index is 1610. The first kappa shape index (κ1) is 80.6. The summed E-state index contributed by atoms with van der Waals surface area (Å²) in [6.45, 7) is 4.05. The van der Waals surface area contributed by atoms with Gasteiger partial charge in [-0.2, -0.15) is 0 Å². The molecule has 0 fully saturated rings. The molecular weight excluding hydrogens is 1030 g/mol. The van der Waals surface area contributed by atoms with Gasteiger partial charge in [0.25, 0.3) is 0 Å². The van der Waals surface area contributed by atoms with Crippen LogP contribution >= 0.6 is 0 Å². The second-order valence-electron chi connectivity index (χ2n) is 24.3. The van der Waals surface area contributed by atoms with Crippen LogP contribution in [0.15, 0.2) is 109 Å². The zero-order valence-corrected chi connectivity index (χ0v) is 55.6. The first-order valence-corrected chi connectivity index (χ1v) is 36.4. The number of ether oxygens (including phenoxy) is 2. The number of hydrogen-bond donors (Lipinski definition) is 1. The van der Waals surface area contributed by atoms with Crippen molar-refractivity contribution in [1.82, 2.24) is 0 Å². The third-order valence-electron chi connectivity index (χ3n) is 16.1. The quantitative estimate of drug-likeness (QED) is 0.0373. The molecule has 484 valence electrons. The van der Waals surface area contributed by atoms with E-state index in [-0.39, 0.29) is 25.2 Å². The smallest absolute Gasteiger partial charge is 0.306 e. The molecule has 0 aliphatic carbocycles. The molecule has 0 spiro atoms. The zero-order chi connectivity index (χ0) is 60.5. The molecule has 0 aliphatic heterocycles. The van der Waals surface area contributed by atoms with Crippen LogP contribution in [-0.4, -0.2) is 36.4 Å². The van der Waals surface area contributed by atoms with Gasteiger partial charge in [0.05, 0.1) is 6.61 Å². The Labute approximate surface area is 522 Å². The van der Waals surface area contributed by atoms with Gasteiger partial charge in [0.15, 0.2) is 6.10 Å². The van der Waals surface area contributed by atoms with Crippen LogP contribution in [0.25, 0.3) is 0 Å².